The first-order valence-electron chi connectivity index (χ1n) is 7.10. The minimum absolute atomic E-state index is 0.138. The molecule has 0 aliphatic carbocycles. The van der Waals surface area contributed by atoms with E-state index in [9.17, 15) is 18.4 Å². The van der Waals surface area contributed by atoms with Crippen molar-refractivity contribution < 1.29 is 32.6 Å². The third-order valence-electron chi connectivity index (χ3n) is 3.47. The zero-order valence-corrected chi connectivity index (χ0v) is 13.2. The van der Waals surface area contributed by atoms with E-state index < -0.39 is 24.8 Å². The lowest BCUT2D eigenvalue weighted by atomic mass is 10.2. The van der Waals surface area contributed by atoms with Gasteiger partial charge in [0.05, 0.1) is 6.20 Å². The number of anilines is 1. The Morgan fingerprint density at radius 3 is 2.72 bits per heavy atom. The zero-order chi connectivity index (χ0) is 18.2. The Morgan fingerprint density at radius 2 is 2.04 bits per heavy atom. The van der Waals surface area contributed by atoms with Crippen LogP contribution in [0.4, 0.5) is 14.5 Å². The largest absolute Gasteiger partial charge is 0.586 e. The number of benzene rings is 1. The van der Waals surface area contributed by atoms with Gasteiger partial charge in [0.15, 0.2) is 18.1 Å². The van der Waals surface area contributed by atoms with Crippen LogP contribution in [0.5, 0.6) is 11.5 Å². The van der Waals surface area contributed by atoms with Crippen molar-refractivity contribution in [2.24, 2.45) is 7.05 Å². The van der Waals surface area contributed by atoms with E-state index in [1.807, 2.05) is 0 Å². The van der Waals surface area contributed by atoms with E-state index in [2.05, 4.69) is 19.9 Å². The molecule has 0 bridgehead atoms. The molecule has 1 aliphatic heterocycles. The monoisotopic (exact) mass is 353 g/mol. The van der Waals surface area contributed by atoms with Crippen LogP contribution < -0.4 is 14.8 Å². The molecule has 132 valence electrons. The van der Waals surface area contributed by atoms with Crippen molar-refractivity contribution in [3.63, 3.8) is 0 Å². The number of nitrogens with one attached hydrogen (secondary N) is 1. The second-order valence-corrected chi connectivity index (χ2v) is 5.22. The van der Waals surface area contributed by atoms with Gasteiger partial charge < -0.3 is 19.5 Å². The maximum atomic E-state index is 12.9. The molecule has 1 amide bonds. The van der Waals surface area contributed by atoms with Gasteiger partial charge in [-0.25, -0.2) is 4.79 Å². The Morgan fingerprint density at radius 1 is 1.32 bits per heavy atom. The number of carbonyl (C=O) groups excluding carboxylic acids is 2. The first-order valence-corrected chi connectivity index (χ1v) is 7.10. The number of esters is 1. The summed E-state index contributed by atoms with van der Waals surface area (Å²) in [4.78, 5) is 23.7. The van der Waals surface area contributed by atoms with Crippen molar-refractivity contribution in [3.05, 3.63) is 35.7 Å². The summed E-state index contributed by atoms with van der Waals surface area (Å²) < 4.78 is 40.8. The van der Waals surface area contributed by atoms with E-state index in [0.29, 0.717) is 5.69 Å². The first-order chi connectivity index (χ1) is 11.7. The lowest BCUT2D eigenvalue weighted by molar-refractivity contribution is -0.286. The number of carbonyl (C=O) groups is 2. The topological polar surface area (TPSA) is 91.7 Å². The molecule has 1 N–H and O–H groups in total. The van der Waals surface area contributed by atoms with E-state index >= 15 is 0 Å². The molecule has 0 atom stereocenters. The van der Waals surface area contributed by atoms with Crippen molar-refractivity contribution in [2.45, 2.75) is 13.2 Å². The van der Waals surface area contributed by atoms with E-state index in [1.165, 1.54) is 29.1 Å². The molecule has 0 saturated carbocycles. The van der Waals surface area contributed by atoms with Gasteiger partial charge in [-0.05, 0) is 19.1 Å². The second kappa shape index (κ2) is 6.04. The summed E-state index contributed by atoms with van der Waals surface area (Å²) >= 11 is 0. The van der Waals surface area contributed by atoms with Gasteiger partial charge in [-0.1, -0.05) is 0 Å². The van der Waals surface area contributed by atoms with Crippen LogP contribution in [-0.2, 0) is 16.6 Å². The third-order valence-corrected chi connectivity index (χ3v) is 3.47. The maximum absolute atomic E-state index is 12.9. The normalized spacial score (nSPS) is 14.2. The molecular weight excluding hydrogens is 340 g/mol. The fourth-order valence-corrected chi connectivity index (χ4v) is 2.13. The number of aryl methyl sites for hydroxylation is 1. The Balaban J connectivity index is 1.57. The summed E-state index contributed by atoms with van der Waals surface area (Å²) in [6, 6.07) is 3.77. The molecule has 0 saturated heterocycles. The number of rotatable bonds is 4. The number of amides is 1. The molecule has 2 heterocycles. The van der Waals surface area contributed by atoms with E-state index in [-0.39, 0.29) is 22.7 Å². The lowest BCUT2D eigenvalue weighted by Gasteiger charge is -2.07. The number of halogens is 2. The number of aromatic nitrogens is 2. The zero-order valence-electron chi connectivity index (χ0n) is 13.2. The standard InChI is InChI=1S/C15H13F2N3O5/c1-8-10(6-18-20(8)2)14(22)23-7-13(21)19-9-3-4-11-12(5-9)25-15(16,17)24-11/h3-6H,7H2,1-2H3,(H,19,21). The van der Waals surface area contributed by atoms with Crippen molar-refractivity contribution in [1.82, 2.24) is 9.78 Å². The predicted octanol–water partition coefficient (Wildman–Crippen LogP) is 1.85. The molecule has 0 radical (unpaired) electrons. The summed E-state index contributed by atoms with van der Waals surface area (Å²) in [5.74, 6) is -1.67. The van der Waals surface area contributed by atoms with Gasteiger partial charge in [0.25, 0.3) is 5.91 Å². The predicted molar refractivity (Wildman–Crippen MR) is 79.5 cm³/mol. The highest BCUT2D eigenvalue weighted by molar-refractivity contribution is 5.96. The Hall–Kier alpha value is -3.17. The summed E-state index contributed by atoms with van der Waals surface area (Å²) in [5, 5.41) is 6.31. The average molecular weight is 353 g/mol. The molecular formula is C15H13F2N3O5. The van der Waals surface area contributed by atoms with Gasteiger partial charge in [0.2, 0.25) is 0 Å². The first kappa shape index (κ1) is 16.7. The molecule has 2 aromatic rings. The Labute approximate surface area is 140 Å². The van der Waals surface area contributed by atoms with Crippen molar-refractivity contribution in [3.8, 4) is 11.5 Å². The summed E-state index contributed by atoms with van der Waals surface area (Å²) in [5.41, 5.74) is 1.04. The number of hydrogen-bond donors (Lipinski definition) is 1. The maximum Gasteiger partial charge on any atom is 0.586 e. The van der Waals surface area contributed by atoms with E-state index in [1.54, 1.807) is 14.0 Å². The van der Waals surface area contributed by atoms with Crippen LogP contribution in [0.1, 0.15) is 16.1 Å². The number of alkyl halides is 2. The molecule has 1 aliphatic rings. The van der Waals surface area contributed by atoms with Crippen LogP contribution >= 0.6 is 0 Å². The van der Waals surface area contributed by atoms with Crippen LogP contribution in [0.3, 0.4) is 0 Å². The van der Waals surface area contributed by atoms with Gasteiger partial charge in [0, 0.05) is 24.5 Å². The van der Waals surface area contributed by atoms with Crippen LogP contribution in [-0.4, -0.2) is 34.6 Å². The molecule has 1 aromatic heterocycles. The lowest BCUT2D eigenvalue weighted by Crippen LogP contribution is -2.25. The molecule has 0 fully saturated rings. The summed E-state index contributed by atoms with van der Waals surface area (Å²) in [6.45, 7) is 1.14. The minimum atomic E-state index is -3.73. The molecule has 10 heteroatoms. The SMILES string of the molecule is Cc1c(C(=O)OCC(=O)Nc2ccc3c(c2)OC(F)(F)O3)cnn1C. The fraction of sp³-hybridized carbons (Fsp3) is 0.267. The highest BCUT2D eigenvalue weighted by Gasteiger charge is 2.43. The molecule has 0 spiro atoms. The number of fused-ring (bicyclic) bond motifs is 1. The molecule has 1 aromatic carbocycles. The van der Waals surface area contributed by atoms with Crippen LogP contribution in [0.25, 0.3) is 0 Å². The summed E-state index contributed by atoms with van der Waals surface area (Å²) in [6.07, 6.45) is -2.39. The highest BCUT2D eigenvalue weighted by atomic mass is 19.3. The van der Waals surface area contributed by atoms with Gasteiger partial charge in [0.1, 0.15) is 5.56 Å². The van der Waals surface area contributed by atoms with Crippen LogP contribution in [0, 0.1) is 6.92 Å². The number of hydrogen-bond acceptors (Lipinski definition) is 6. The van der Waals surface area contributed by atoms with Gasteiger partial charge in [-0.2, -0.15) is 5.10 Å². The molecule has 8 nitrogen and oxygen atoms in total. The second-order valence-electron chi connectivity index (χ2n) is 5.22. The van der Waals surface area contributed by atoms with Crippen LogP contribution in [0.2, 0.25) is 0 Å². The minimum Gasteiger partial charge on any atom is -0.452 e. The Kier molecular flexibility index (Phi) is 4.03. The third kappa shape index (κ3) is 3.52. The smallest absolute Gasteiger partial charge is 0.452 e. The molecule has 3 rings (SSSR count). The Bertz CT molecular complexity index is 850. The fourth-order valence-electron chi connectivity index (χ4n) is 2.13. The average Bonchev–Trinajstić information content (AvgIpc) is 3.03. The van der Waals surface area contributed by atoms with Crippen molar-refractivity contribution in [2.75, 3.05) is 11.9 Å². The van der Waals surface area contributed by atoms with Crippen LogP contribution in [0.15, 0.2) is 24.4 Å². The van der Waals surface area contributed by atoms with E-state index in [4.69, 9.17) is 4.74 Å². The van der Waals surface area contributed by atoms with Gasteiger partial charge in [-0.15, -0.1) is 8.78 Å². The number of ether oxygens (including phenoxy) is 3. The van der Waals surface area contributed by atoms with Crippen molar-refractivity contribution >= 4 is 17.6 Å². The number of nitrogens with zero attached hydrogens (tertiary/aromatic N) is 2. The highest BCUT2D eigenvalue weighted by Crippen LogP contribution is 2.42. The quantitative estimate of drug-likeness (QED) is 0.844. The summed E-state index contributed by atoms with van der Waals surface area (Å²) in [7, 11) is 1.67. The van der Waals surface area contributed by atoms with Gasteiger partial charge >= 0.3 is 12.3 Å². The van der Waals surface area contributed by atoms with E-state index in [0.717, 1.165) is 0 Å². The molecule has 25 heavy (non-hydrogen) atoms. The van der Waals surface area contributed by atoms with Gasteiger partial charge in [-0.3, -0.25) is 9.48 Å². The molecule has 0 unspecified atom stereocenters. The van der Waals surface area contributed by atoms with Crippen molar-refractivity contribution in [1.29, 1.82) is 0 Å².